The monoisotopic (exact) mass is 372 g/mol. The minimum absolute atomic E-state index is 0.176. The van der Waals surface area contributed by atoms with Crippen LogP contribution in [0.4, 0.5) is 4.39 Å². The van der Waals surface area contributed by atoms with Gasteiger partial charge in [-0.25, -0.2) is 14.2 Å². The van der Waals surface area contributed by atoms with Gasteiger partial charge in [-0.1, -0.05) is 0 Å². The van der Waals surface area contributed by atoms with Crippen molar-refractivity contribution in [2.45, 2.75) is 0 Å². The molecule has 0 radical (unpaired) electrons. The lowest BCUT2D eigenvalue weighted by Gasteiger charge is -2.09. The number of rotatable bonds is 5. The molecule has 27 heavy (non-hydrogen) atoms. The molecule has 9 heteroatoms. The highest BCUT2D eigenvalue weighted by molar-refractivity contribution is 5.96. The molecule has 0 saturated heterocycles. The van der Waals surface area contributed by atoms with Gasteiger partial charge in [-0.05, 0) is 30.3 Å². The van der Waals surface area contributed by atoms with Crippen LogP contribution in [0.5, 0.6) is 5.75 Å². The predicted octanol–water partition coefficient (Wildman–Crippen LogP) is 0.580. The summed E-state index contributed by atoms with van der Waals surface area (Å²) in [6, 6.07) is 6.94. The van der Waals surface area contributed by atoms with E-state index >= 15 is 0 Å². The van der Waals surface area contributed by atoms with E-state index in [-0.39, 0.29) is 35.6 Å². The molecular formula is C18H17FN4O4. The summed E-state index contributed by atoms with van der Waals surface area (Å²) in [7, 11) is 2.87. The number of aryl methyl sites for hydroxylation is 1. The van der Waals surface area contributed by atoms with Crippen molar-refractivity contribution in [2.75, 3.05) is 13.2 Å². The van der Waals surface area contributed by atoms with Gasteiger partial charge in [0, 0.05) is 20.3 Å². The largest absolute Gasteiger partial charge is 0.492 e. The molecule has 0 fully saturated rings. The molecule has 0 spiro atoms. The zero-order valence-electron chi connectivity index (χ0n) is 14.7. The number of fused-ring (bicyclic) bond motifs is 1. The zero-order chi connectivity index (χ0) is 19.6. The molecule has 1 aromatic carbocycles. The number of hydrogen-bond donors (Lipinski definition) is 1. The smallest absolute Gasteiger partial charge is 0.332 e. The van der Waals surface area contributed by atoms with Gasteiger partial charge in [-0.3, -0.25) is 18.7 Å². The van der Waals surface area contributed by atoms with Crippen molar-refractivity contribution in [2.24, 2.45) is 14.1 Å². The maximum absolute atomic E-state index is 12.8. The quantitative estimate of drug-likeness (QED) is 0.661. The fraction of sp³-hybridized carbons (Fsp3) is 0.222. The van der Waals surface area contributed by atoms with Crippen LogP contribution in [0.25, 0.3) is 11.0 Å². The number of aromatic nitrogens is 3. The van der Waals surface area contributed by atoms with Gasteiger partial charge < -0.3 is 10.1 Å². The summed E-state index contributed by atoms with van der Waals surface area (Å²) in [6.07, 6.45) is 1.30. The van der Waals surface area contributed by atoms with E-state index in [2.05, 4.69) is 10.3 Å². The number of halogens is 1. The molecule has 3 aromatic rings. The van der Waals surface area contributed by atoms with E-state index in [1.807, 2.05) is 0 Å². The first-order valence-electron chi connectivity index (χ1n) is 8.11. The fourth-order valence-electron chi connectivity index (χ4n) is 2.56. The number of carbonyl (C=O) groups excluding carboxylic acids is 1. The van der Waals surface area contributed by atoms with Gasteiger partial charge in [-0.15, -0.1) is 0 Å². The second kappa shape index (κ2) is 7.40. The first-order valence-corrected chi connectivity index (χ1v) is 8.11. The van der Waals surface area contributed by atoms with Crippen molar-refractivity contribution in [1.29, 1.82) is 0 Å². The van der Waals surface area contributed by atoms with Gasteiger partial charge >= 0.3 is 5.69 Å². The summed E-state index contributed by atoms with van der Waals surface area (Å²) in [5.74, 6) is -0.298. The summed E-state index contributed by atoms with van der Waals surface area (Å²) >= 11 is 0. The zero-order valence-corrected chi connectivity index (χ0v) is 14.7. The highest BCUT2D eigenvalue weighted by Crippen LogP contribution is 2.10. The Bertz CT molecular complexity index is 1120. The van der Waals surface area contributed by atoms with Crippen LogP contribution >= 0.6 is 0 Å². The van der Waals surface area contributed by atoms with Gasteiger partial charge in [0.1, 0.15) is 23.8 Å². The summed E-state index contributed by atoms with van der Waals surface area (Å²) in [5.41, 5.74) is -0.607. The minimum atomic E-state index is -0.519. The molecule has 0 unspecified atom stereocenters. The maximum atomic E-state index is 12.8. The summed E-state index contributed by atoms with van der Waals surface area (Å²) in [6.45, 7) is 0.397. The molecule has 1 N–H and O–H groups in total. The fourth-order valence-corrected chi connectivity index (χ4v) is 2.56. The Morgan fingerprint density at radius 3 is 2.59 bits per heavy atom. The Labute approximate surface area is 152 Å². The van der Waals surface area contributed by atoms with Gasteiger partial charge in [0.15, 0.2) is 0 Å². The van der Waals surface area contributed by atoms with Crippen molar-refractivity contribution >= 4 is 16.9 Å². The Morgan fingerprint density at radius 2 is 1.89 bits per heavy atom. The summed E-state index contributed by atoms with van der Waals surface area (Å²) < 4.78 is 20.4. The molecule has 0 atom stereocenters. The van der Waals surface area contributed by atoms with Crippen molar-refractivity contribution in [3.8, 4) is 5.75 Å². The number of ether oxygens (including phenoxy) is 1. The van der Waals surface area contributed by atoms with Crippen LogP contribution in [0.15, 0.2) is 46.1 Å². The van der Waals surface area contributed by atoms with E-state index < -0.39 is 17.2 Å². The first-order chi connectivity index (χ1) is 12.9. The lowest BCUT2D eigenvalue weighted by atomic mass is 10.2. The molecule has 0 saturated carbocycles. The van der Waals surface area contributed by atoms with Crippen LogP contribution in [0.1, 0.15) is 10.4 Å². The van der Waals surface area contributed by atoms with Crippen molar-refractivity contribution < 1.29 is 13.9 Å². The number of carbonyl (C=O) groups is 1. The molecular weight excluding hydrogens is 355 g/mol. The topological polar surface area (TPSA) is 95.2 Å². The number of amides is 1. The van der Waals surface area contributed by atoms with E-state index in [9.17, 15) is 18.8 Å². The lowest BCUT2D eigenvalue weighted by molar-refractivity contribution is 0.0947. The second-order valence-electron chi connectivity index (χ2n) is 5.86. The number of benzene rings is 1. The van der Waals surface area contributed by atoms with Gasteiger partial charge in [0.05, 0.1) is 17.5 Å². The van der Waals surface area contributed by atoms with E-state index in [1.54, 1.807) is 0 Å². The molecule has 1 amide bonds. The summed E-state index contributed by atoms with van der Waals surface area (Å²) in [4.78, 5) is 40.5. The molecule has 0 aliphatic heterocycles. The number of nitrogens with zero attached hydrogens (tertiary/aromatic N) is 3. The third kappa shape index (κ3) is 3.71. The average Bonchev–Trinajstić information content (AvgIpc) is 2.68. The van der Waals surface area contributed by atoms with Crippen LogP contribution < -0.4 is 21.3 Å². The normalized spacial score (nSPS) is 10.8. The lowest BCUT2D eigenvalue weighted by Crippen LogP contribution is -2.37. The van der Waals surface area contributed by atoms with Gasteiger partial charge in [0.25, 0.3) is 11.5 Å². The van der Waals surface area contributed by atoms with Gasteiger partial charge in [-0.2, -0.15) is 0 Å². The molecule has 2 heterocycles. The Hall–Kier alpha value is -3.49. The molecule has 0 aliphatic carbocycles. The van der Waals surface area contributed by atoms with Crippen LogP contribution in [-0.2, 0) is 14.1 Å². The maximum Gasteiger partial charge on any atom is 0.332 e. The minimum Gasteiger partial charge on any atom is -0.492 e. The molecule has 8 nitrogen and oxygen atoms in total. The van der Waals surface area contributed by atoms with E-state index in [0.29, 0.717) is 5.75 Å². The van der Waals surface area contributed by atoms with E-state index in [4.69, 9.17) is 4.74 Å². The van der Waals surface area contributed by atoms with E-state index in [0.717, 1.165) is 4.57 Å². The van der Waals surface area contributed by atoms with Gasteiger partial charge in [0.2, 0.25) is 0 Å². The molecule has 2 aromatic heterocycles. The third-order valence-electron chi connectivity index (χ3n) is 4.03. The van der Waals surface area contributed by atoms with E-state index in [1.165, 1.54) is 55.2 Å². The SMILES string of the molecule is Cn1c(=O)c2cc(C(=O)NCCOc3ccc(F)cc3)cnc2n(C)c1=O. The highest BCUT2D eigenvalue weighted by Gasteiger charge is 2.13. The average molecular weight is 372 g/mol. The first kappa shape index (κ1) is 18.3. The van der Waals surface area contributed by atoms with Crippen LogP contribution in [0.3, 0.4) is 0 Å². The molecule has 3 rings (SSSR count). The van der Waals surface area contributed by atoms with Crippen LogP contribution in [0, 0.1) is 5.82 Å². The number of hydrogen-bond acceptors (Lipinski definition) is 5. The van der Waals surface area contributed by atoms with Crippen molar-refractivity contribution in [3.05, 3.63) is 68.7 Å². The highest BCUT2D eigenvalue weighted by atomic mass is 19.1. The van der Waals surface area contributed by atoms with Crippen LogP contribution in [0.2, 0.25) is 0 Å². The molecule has 140 valence electrons. The van der Waals surface area contributed by atoms with Crippen molar-refractivity contribution in [1.82, 2.24) is 19.4 Å². The van der Waals surface area contributed by atoms with Crippen molar-refractivity contribution in [3.63, 3.8) is 0 Å². The standard InChI is InChI=1S/C18H17FN4O4/c1-22-15-14(17(25)23(2)18(22)26)9-11(10-21-15)16(24)20-7-8-27-13-5-3-12(19)4-6-13/h3-6,9-10H,7-8H2,1-2H3,(H,20,24). The molecule has 0 bridgehead atoms. The van der Waals surface area contributed by atoms with Crippen LogP contribution in [-0.4, -0.2) is 33.2 Å². The summed E-state index contributed by atoms with van der Waals surface area (Å²) in [5, 5.41) is 2.83. The Kier molecular flexibility index (Phi) is 5.02. The molecule has 0 aliphatic rings. The Morgan fingerprint density at radius 1 is 1.19 bits per heavy atom. The predicted molar refractivity (Wildman–Crippen MR) is 96.5 cm³/mol. The Balaban J connectivity index is 1.69. The second-order valence-corrected chi connectivity index (χ2v) is 5.86. The third-order valence-corrected chi connectivity index (χ3v) is 4.03. The number of nitrogens with one attached hydrogen (secondary N) is 1. The number of pyridine rings is 1.